The second-order valence-electron chi connectivity index (χ2n) is 6.75. The van der Waals surface area contributed by atoms with Crippen LogP contribution in [0, 0.1) is 6.92 Å². The lowest BCUT2D eigenvalue weighted by molar-refractivity contribution is -0.134. The van der Waals surface area contributed by atoms with E-state index in [2.05, 4.69) is 20.8 Å². The average Bonchev–Trinajstić information content (AvgIpc) is 3.25. The summed E-state index contributed by atoms with van der Waals surface area (Å²) < 4.78 is 10.2. The SMILES string of the molecule is CCC1(c2ccc(OC)c(C)c2)NC(=O)N(CC(=O)Nc2nnc(COC)s2)C1=O. The molecule has 0 saturated carbocycles. The van der Waals surface area contributed by atoms with Gasteiger partial charge in [-0.1, -0.05) is 24.3 Å². The number of hydrogen-bond donors (Lipinski definition) is 2. The zero-order chi connectivity index (χ0) is 21.9. The summed E-state index contributed by atoms with van der Waals surface area (Å²) in [5.74, 6) is -0.341. The number of rotatable bonds is 8. The maximum absolute atomic E-state index is 13.2. The Morgan fingerprint density at radius 1 is 1.30 bits per heavy atom. The summed E-state index contributed by atoms with van der Waals surface area (Å²) in [6, 6.07) is 4.69. The van der Waals surface area contributed by atoms with Gasteiger partial charge in [-0.15, -0.1) is 10.2 Å². The third-order valence-electron chi connectivity index (χ3n) is 4.88. The molecule has 0 bridgehead atoms. The van der Waals surface area contributed by atoms with E-state index >= 15 is 0 Å². The van der Waals surface area contributed by atoms with Crippen molar-refractivity contribution >= 4 is 34.3 Å². The molecule has 1 atom stereocenters. The molecule has 1 aromatic carbocycles. The number of aryl methyl sites for hydroxylation is 1. The van der Waals surface area contributed by atoms with E-state index in [1.807, 2.05) is 13.0 Å². The van der Waals surface area contributed by atoms with Gasteiger partial charge in [0, 0.05) is 7.11 Å². The predicted octanol–water partition coefficient (Wildman–Crippen LogP) is 1.80. The Hall–Kier alpha value is -3.05. The zero-order valence-corrected chi connectivity index (χ0v) is 18.0. The van der Waals surface area contributed by atoms with E-state index in [1.54, 1.807) is 26.2 Å². The minimum atomic E-state index is -1.23. The van der Waals surface area contributed by atoms with Crippen molar-refractivity contribution in [2.45, 2.75) is 32.4 Å². The Balaban J connectivity index is 1.77. The lowest BCUT2D eigenvalue weighted by Crippen LogP contribution is -2.44. The van der Waals surface area contributed by atoms with Gasteiger partial charge in [0.15, 0.2) is 0 Å². The summed E-state index contributed by atoms with van der Waals surface area (Å²) in [7, 11) is 3.10. The summed E-state index contributed by atoms with van der Waals surface area (Å²) in [5.41, 5.74) is 0.241. The van der Waals surface area contributed by atoms with E-state index in [9.17, 15) is 14.4 Å². The molecule has 0 spiro atoms. The molecule has 2 N–H and O–H groups in total. The van der Waals surface area contributed by atoms with E-state index in [1.165, 1.54) is 7.11 Å². The number of urea groups is 1. The molecule has 160 valence electrons. The number of benzene rings is 1. The molecule has 1 aliphatic rings. The van der Waals surface area contributed by atoms with Crippen LogP contribution in [0.1, 0.15) is 29.5 Å². The van der Waals surface area contributed by atoms with Crippen LogP contribution in [-0.2, 0) is 26.5 Å². The number of anilines is 1. The highest BCUT2D eigenvalue weighted by molar-refractivity contribution is 7.15. The van der Waals surface area contributed by atoms with Crippen LogP contribution in [0.3, 0.4) is 0 Å². The molecule has 2 heterocycles. The van der Waals surface area contributed by atoms with Gasteiger partial charge in [0.2, 0.25) is 11.0 Å². The summed E-state index contributed by atoms with van der Waals surface area (Å²) in [6.07, 6.45) is 0.332. The van der Waals surface area contributed by atoms with Crippen molar-refractivity contribution in [1.82, 2.24) is 20.4 Å². The third kappa shape index (κ3) is 3.98. The van der Waals surface area contributed by atoms with Crippen molar-refractivity contribution in [1.29, 1.82) is 0 Å². The second kappa shape index (κ2) is 8.76. The smallest absolute Gasteiger partial charge is 0.325 e. The fourth-order valence-corrected chi connectivity index (χ4v) is 4.07. The van der Waals surface area contributed by atoms with E-state index in [0.29, 0.717) is 22.7 Å². The first-order chi connectivity index (χ1) is 14.3. The molecule has 1 aliphatic heterocycles. The topological polar surface area (TPSA) is 123 Å². The van der Waals surface area contributed by atoms with E-state index < -0.39 is 29.9 Å². The summed E-state index contributed by atoms with van der Waals surface area (Å²) in [6.45, 7) is 3.51. The fourth-order valence-electron chi connectivity index (χ4n) is 3.34. The standard InChI is InChI=1S/C19H23N5O5S/c1-5-19(12-6-7-13(29-4)11(2)8-12)16(26)24(18(27)21-19)9-14(25)20-17-23-22-15(30-17)10-28-3/h6-8H,5,9-10H2,1-4H3,(H,21,27)(H,20,23,25). The number of hydrogen-bond acceptors (Lipinski definition) is 8. The van der Waals surface area contributed by atoms with E-state index in [-0.39, 0.29) is 11.7 Å². The Kier molecular flexibility index (Phi) is 6.32. The molecular formula is C19H23N5O5S. The second-order valence-corrected chi connectivity index (χ2v) is 7.81. The monoisotopic (exact) mass is 433 g/mol. The van der Waals surface area contributed by atoms with Crippen LogP contribution in [0.5, 0.6) is 5.75 Å². The Morgan fingerprint density at radius 3 is 2.70 bits per heavy atom. The minimum absolute atomic E-state index is 0.270. The Bertz CT molecular complexity index is 978. The zero-order valence-electron chi connectivity index (χ0n) is 17.1. The van der Waals surface area contributed by atoms with Crippen molar-refractivity contribution in [3.8, 4) is 5.75 Å². The number of carbonyl (C=O) groups excluding carboxylic acids is 3. The molecule has 11 heteroatoms. The number of ether oxygens (including phenoxy) is 2. The Morgan fingerprint density at radius 2 is 2.07 bits per heavy atom. The summed E-state index contributed by atoms with van der Waals surface area (Å²) in [4.78, 5) is 39.1. The van der Waals surface area contributed by atoms with Crippen molar-refractivity contribution in [3.63, 3.8) is 0 Å². The minimum Gasteiger partial charge on any atom is -0.496 e. The number of methoxy groups -OCH3 is 2. The first-order valence-corrected chi connectivity index (χ1v) is 10.1. The first kappa shape index (κ1) is 21.7. The van der Waals surface area contributed by atoms with Gasteiger partial charge in [0.1, 0.15) is 29.4 Å². The summed E-state index contributed by atoms with van der Waals surface area (Å²) >= 11 is 1.16. The van der Waals surface area contributed by atoms with Gasteiger partial charge in [-0.2, -0.15) is 0 Å². The van der Waals surface area contributed by atoms with Crippen LogP contribution in [-0.4, -0.2) is 53.7 Å². The average molecular weight is 433 g/mol. The van der Waals surface area contributed by atoms with Gasteiger partial charge in [0.05, 0.1) is 7.11 Å². The lowest BCUT2D eigenvalue weighted by Gasteiger charge is -2.26. The van der Waals surface area contributed by atoms with E-state index in [0.717, 1.165) is 21.8 Å². The van der Waals surface area contributed by atoms with Crippen molar-refractivity contribution in [3.05, 3.63) is 34.3 Å². The maximum Gasteiger partial charge on any atom is 0.325 e. The fraction of sp³-hybridized carbons (Fsp3) is 0.421. The molecule has 1 unspecified atom stereocenters. The molecule has 4 amide bonds. The van der Waals surface area contributed by atoms with Gasteiger partial charge in [0.25, 0.3) is 5.91 Å². The molecule has 1 fully saturated rings. The van der Waals surface area contributed by atoms with Gasteiger partial charge >= 0.3 is 6.03 Å². The third-order valence-corrected chi connectivity index (χ3v) is 5.69. The van der Waals surface area contributed by atoms with Crippen LogP contribution < -0.4 is 15.4 Å². The number of nitrogens with one attached hydrogen (secondary N) is 2. The van der Waals surface area contributed by atoms with Crippen LogP contribution in [0.15, 0.2) is 18.2 Å². The number of amides is 4. The summed E-state index contributed by atoms with van der Waals surface area (Å²) in [5, 5.41) is 13.9. The highest BCUT2D eigenvalue weighted by Crippen LogP contribution is 2.34. The number of carbonyl (C=O) groups is 3. The normalized spacial score (nSPS) is 18.5. The molecule has 1 aromatic heterocycles. The van der Waals surface area contributed by atoms with Crippen LogP contribution in [0.2, 0.25) is 0 Å². The van der Waals surface area contributed by atoms with E-state index in [4.69, 9.17) is 9.47 Å². The first-order valence-electron chi connectivity index (χ1n) is 9.25. The number of nitrogens with zero attached hydrogens (tertiary/aromatic N) is 3. The molecule has 0 aliphatic carbocycles. The van der Waals surface area contributed by atoms with Gasteiger partial charge in [-0.3, -0.25) is 19.8 Å². The molecular weight excluding hydrogens is 410 g/mol. The van der Waals surface area contributed by atoms with Gasteiger partial charge in [-0.25, -0.2) is 4.79 Å². The largest absolute Gasteiger partial charge is 0.496 e. The molecule has 10 nitrogen and oxygen atoms in total. The molecule has 0 radical (unpaired) electrons. The van der Waals surface area contributed by atoms with Crippen LogP contribution in [0.4, 0.5) is 9.93 Å². The molecule has 3 rings (SSSR count). The van der Waals surface area contributed by atoms with Crippen LogP contribution >= 0.6 is 11.3 Å². The highest BCUT2D eigenvalue weighted by atomic mass is 32.1. The van der Waals surface area contributed by atoms with Crippen molar-refractivity contribution in [2.75, 3.05) is 26.1 Å². The highest BCUT2D eigenvalue weighted by Gasteiger charge is 2.51. The maximum atomic E-state index is 13.2. The quantitative estimate of drug-likeness (QED) is 0.609. The lowest BCUT2D eigenvalue weighted by atomic mass is 9.86. The Labute approximate surface area is 177 Å². The van der Waals surface area contributed by atoms with Crippen molar-refractivity contribution in [2.24, 2.45) is 0 Å². The predicted molar refractivity (Wildman–Crippen MR) is 109 cm³/mol. The van der Waals surface area contributed by atoms with Crippen LogP contribution in [0.25, 0.3) is 0 Å². The molecule has 1 saturated heterocycles. The number of aromatic nitrogens is 2. The van der Waals surface area contributed by atoms with Crippen molar-refractivity contribution < 1.29 is 23.9 Å². The number of imide groups is 1. The molecule has 30 heavy (non-hydrogen) atoms. The van der Waals surface area contributed by atoms with Gasteiger partial charge < -0.3 is 14.8 Å². The van der Waals surface area contributed by atoms with Gasteiger partial charge in [-0.05, 0) is 36.6 Å². The molecule has 2 aromatic rings.